The molecule has 0 amide bonds. The topological polar surface area (TPSA) is 38.2 Å². The first-order valence-electron chi connectivity index (χ1n) is 6.98. The molecular weight excluding hydrogens is 226 g/mol. The summed E-state index contributed by atoms with van der Waals surface area (Å²) in [7, 11) is 0. The normalized spacial score (nSPS) is 16.7. The third-order valence-corrected chi connectivity index (χ3v) is 3.35. The van der Waals surface area contributed by atoms with Crippen molar-refractivity contribution in [2.45, 2.75) is 39.0 Å². The summed E-state index contributed by atoms with van der Waals surface area (Å²) in [5, 5.41) is 0. The molecule has 0 bridgehead atoms. The van der Waals surface area contributed by atoms with Gasteiger partial charge in [0.25, 0.3) is 0 Å². The molecular formula is C14H23N3O. The number of hydrogen-bond acceptors (Lipinski definition) is 4. The Morgan fingerprint density at radius 2 is 2.00 bits per heavy atom. The molecule has 100 valence electrons. The van der Waals surface area contributed by atoms with Gasteiger partial charge in [-0.2, -0.15) is 0 Å². The monoisotopic (exact) mass is 249 g/mol. The van der Waals surface area contributed by atoms with Gasteiger partial charge < -0.3 is 9.64 Å². The molecule has 0 aromatic carbocycles. The van der Waals surface area contributed by atoms with Gasteiger partial charge in [-0.15, -0.1) is 0 Å². The fourth-order valence-corrected chi connectivity index (χ4v) is 2.31. The van der Waals surface area contributed by atoms with Gasteiger partial charge in [-0.25, -0.2) is 9.97 Å². The van der Waals surface area contributed by atoms with Gasteiger partial charge in [0.1, 0.15) is 6.33 Å². The molecule has 2 rings (SSSR count). The van der Waals surface area contributed by atoms with E-state index in [1.54, 1.807) is 6.33 Å². The van der Waals surface area contributed by atoms with Crippen LogP contribution in [-0.2, 0) is 0 Å². The van der Waals surface area contributed by atoms with Crippen LogP contribution in [0.25, 0.3) is 0 Å². The minimum atomic E-state index is 0.695. The smallest absolute Gasteiger partial charge is 0.216 e. The molecule has 0 unspecified atom stereocenters. The molecule has 0 aliphatic carbocycles. The Morgan fingerprint density at radius 3 is 2.78 bits per heavy atom. The Balaban J connectivity index is 1.55. The highest BCUT2D eigenvalue weighted by Crippen LogP contribution is 2.10. The summed E-state index contributed by atoms with van der Waals surface area (Å²) < 4.78 is 5.61. The molecule has 4 nitrogen and oxygen atoms in total. The zero-order chi connectivity index (χ0) is 12.6. The van der Waals surface area contributed by atoms with E-state index in [1.165, 1.54) is 45.3 Å². The van der Waals surface area contributed by atoms with E-state index in [9.17, 15) is 0 Å². The zero-order valence-electron chi connectivity index (χ0n) is 11.3. The molecule has 1 saturated heterocycles. The summed E-state index contributed by atoms with van der Waals surface area (Å²) in [6.45, 7) is 6.49. The van der Waals surface area contributed by atoms with Gasteiger partial charge in [0, 0.05) is 11.8 Å². The molecule has 18 heavy (non-hydrogen) atoms. The van der Waals surface area contributed by atoms with Crippen molar-refractivity contribution in [3.63, 3.8) is 0 Å². The van der Waals surface area contributed by atoms with E-state index in [1.807, 2.05) is 13.0 Å². The van der Waals surface area contributed by atoms with Crippen molar-refractivity contribution < 1.29 is 4.74 Å². The lowest BCUT2D eigenvalue weighted by atomic mass is 10.1. The number of ether oxygens (including phenoxy) is 1. The van der Waals surface area contributed by atoms with Crippen LogP contribution >= 0.6 is 0 Å². The highest BCUT2D eigenvalue weighted by atomic mass is 16.5. The molecule has 0 spiro atoms. The third kappa shape index (κ3) is 4.61. The van der Waals surface area contributed by atoms with E-state index in [-0.39, 0.29) is 0 Å². The van der Waals surface area contributed by atoms with Crippen LogP contribution < -0.4 is 4.74 Å². The first-order valence-corrected chi connectivity index (χ1v) is 6.98. The Morgan fingerprint density at radius 1 is 1.17 bits per heavy atom. The summed E-state index contributed by atoms with van der Waals surface area (Å²) in [6.07, 6.45) is 8.02. The Hall–Kier alpha value is -1.16. The summed E-state index contributed by atoms with van der Waals surface area (Å²) in [4.78, 5) is 10.7. The van der Waals surface area contributed by atoms with E-state index in [0.29, 0.717) is 5.88 Å². The molecule has 0 N–H and O–H groups in total. The maximum absolute atomic E-state index is 5.61. The van der Waals surface area contributed by atoms with Gasteiger partial charge in [0.15, 0.2) is 0 Å². The molecule has 1 aliphatic heterocycles. The van der Waals surface area contributed by atoms with Gasteiger partial charge in [-0.05, 0) is 52.2 Å². The van der Waals surface area contributed by atoms with Crippen LogP contribution in [0.3, 0.4) is 0 Å². The number of likely N-dealkylation sites (tertiary alicyclic amines) is 1. The summed E-state index contributed by atoms with van der Waals surface area (Å²) in [5.41, 5.74) is 0.952. The largest absolute Gasteiger partial charge is 0.478 e. The quantitative estimate of drug-likeness (QED) is 0.726. The van der Waals surface area contributed by atoms with E-state index in [2.05, 4.69) is 14.9 Å². The average Bonchev–Trinajstić information content (AvgIpc) is 2.40. The van der Waals surface area contributed by atoms with E-state index < -0.39 is 0 Å². The lowest BCUT2D eigenvalue weighted by Gasteiger charge is -2.26. The lowest BCUT2D eigenvalue weighted by molar-refractivity contribution is 0.215. The van der Waals surface area contributed by atoms with Gasteiger partial charge in [0.05, 0.1) is 6.61 Å². The predicted octanol–water partition coefficient (Wildman–Crippen LogP) is 2.43. The average molecular weight is 249 g/mol. The number of piperidine rings is 1. The fraction of sp³-hybridized carbons (Fsp3) is 0.714. The standard InChI is InChI=1S/C14H23N3O/c1-13-11-14(16-12-15-13)18-10-6-5-9-17-7-3-2-4-8-17/h11-12H,2-10H2,1H3. The minimum absolute atomic E-state index is 0.695. The van der Waals surface area contributed by atoms with E-state index in [4.69, 9.17) is 4.74 Å². The van der Waals surface area contributed by atoms with Crippen molar-refractivity contribution in [3.8, 4) is 5.88 Å². The van der Waals surface area contributed by atoms with Crippen LogP contribution in [0.1, 0.15) is 37.8 Å². The van der Waals surface area contributed by atoms with E-state index in [0.717, 1.165) is 18.7 Å². The molecule has 4 heteroatoms. The van der Waals surface area contributed by atoms with Gasteiger partial charge in [-0.3, -0.25) is 0 Å². The predicted molar refractivity (Wildman–Crippen MR) is 71.8 cm³/mol. The second kappa shape index (κ2) is 7.31. The SMILES string of the molecule is Cc1cc(OCCCCN2CCCCC2)ncn1. The van der Waals surface area contributed by atoms with Crippen molar-refractivity contribution in [2.75, 3.05) is 26.2 Å². The molecule has 1 aliphatic rings. The molecule has 1 aromatic heterocycles. The van der Waals surface area contributed by atoms with E-state index >= 15 is 0 Å². The van der Waals surface area contributed by atoms with Crippen LogP contribution in [0.15, 0.2) is 12.4 Å². The molecule has 0 atom stereocenters. The summed E-state index contributed by atoms with van der Waals surface area (Å²) in [6, 6.07) is 1.88. The second-order valence-electron chi connectivity index (χ2n) is 4.96. The van der Waals surface area contributed by atoms with Crippen LogP contribution in [0.2, 0.25) is 0 Å². The van der Waals surface area contributed by atoms with Crippen LogP contribution in [0, 0.1) is 6.92 Å². The number of nitrogens with zero attached hydrogens (tertiary/aromatic N) is 3. The Bertz CT molecular complexity index is 351. The summed E-state index contributed by atoms with van der Waals surface area (Å²) in [5.74, 6) is 0.695. The number of rotatable bonds is 6. The van der Waals surface area contributed by atoms with Crippen molar-refractivity contribution in [2.24, 2.45) is 0 Å². The van der Waals surface area contributed by atoms with Crippen LogP contribution in [0.5, 0.6) is 5.88 Å². The van der Waals surface area contributed by atoms with Crippen molar-refractivity contribution in [1.82, 2.24) is 14.9 Å². The van der Waals surface area contributed by atoms with Gasteiger partial charge in [-0.1, -0.05) is 6.42 Å². The highest BCUT2D eigenvalue weighted by Gasteiger charge is 2.08. The van der Waals surface area contributed by atoms with Gasteiger partial charge >= 0.3 is 0 Å². The molecule has 1 aromatic rings. The van der Waals surface area contributed by atoms with Crippen molar-refractivity contribution in [3.05, 3.63) is 18.1 Å². The zero-order valence-corrected chi connectivity index (χ0v) is 11.3. The number of unbranched alkanes of at least 4 members (excludes halogenated alkanes) is 1. The highest BCUT2D eigenvalue weighted by molar-refractivity contribution is 5.11. The number of aromatic nitrogens is 2. The second-order valence-corrected chi connectivity index (χ2v) is 4.96. The first kappa shape index (κ1) is 13.3. The number of hydrogen-bond donors (Lipinski definition) is 0. The minimum Gasteiger partial charge on any atom is -0.478 e. The van der Waals surface area contributed by atoms with Gasteiger partial charge in [0.2, 0.25) is 5.88 Å². The molecule has 1 fully saturated rings. The van der Waals surface area contributed by atoms with Crippen molar-refractivity contribution in [1.29, 1.82) is 0 Å². The number of aryl methyl sites for hydroxylation is 1. The first-order chi connectivity index (χ1) is 8.84. The molecule has 0 saturated carbocycles. The Labute approximate surface area is 109 Å². The third-order valence-electron chi connectivity index (χ3n) is 3.35. The lowest BCUT2D eigenvalue weighted by Crippen LogP contribution is -2.30. The maximum atomic E-state index is 5.61. The van der Waals surface area contributed by atoms with Crippen LogP contribution in [-0.4, -0.2) is 41.1 Å². The fourth-order valence-electron chi connectivity index (χ4n) is 2.31. The molecule has 0 radical (unpaired) electrons. The Kier molecular flexibility index (Phi) is 5.39. The summed E-state index contributed by atoms with van der Waals surface area (Å²) >= 11 is 0. The van der Waals surface area contributed by atoms with Crippen LogP contribution in [0.4, 0.5) is 0 Å². The van der Waals surface area contributed by atoms with Crippen molar-refractivity contribution >= 4 is 0 Å². The molecule has 2 heterocycles. The maximum Gasteiger partial charge on any atom is 0.216 e.